The molecule has 2 amide bonds. The van der Waals surface area contributed by atoms with Crippen molar-refractivity contribution in [1.82, 2.24) is 4.90 Å². The van der Waals surface area contributed by atoms with Crippen LogP contribution >= 0.6 is 0 Å². The fraction of sp³-hybridized carbons (Fsp3) is 0.200. The Balaban J connectivity index is 2.59. The van der Waals surface area contributed by atoms with E-state index in [9.17, 15) is 44.7 Å². The van der Waals surface area contributed by atoms with E-state index < -0.39 is 83.2 Å². The number of carbonyl (C=O) groups excluding carboxylic acids is 3. The van der Waals surface area contributed by atoms with Crippen molar-refractivity contribution in [2.24, 2.45) is 5.73 Å². The fourth-order valence-corrected chi connectivity index (χ4v) is 2.64. The first-order chi connectivity index (χ1) is 15.5. The molecule has 0 aromatic heterocycles. The number of hydrogen-bond donors (Lipinski definition) is 7. The molecule has 33 heavy (non-hydrogen) atoms. The van der Waals surface area contributed by atoms with Crippen molar-refractivity contribution in [3.8, 4) is 23.0 Å². The van der Waals surface area contributed by atoms with Crippen LogP contribution < -0.4 is 5.73 Å². The number of benzene rings is 2. The maximum Gasteiger partial charge on any atom is 0.330 e. The number of hydrogen-bond acceptors (Lipinski definition) is 11. The van der Waals surface area contributed by atoms with Crippen LogP contribution in [0.1, 0.15) is 20.7 Å². The molecule has 2 atom stereocenters. The molecule has 0 fully saturated rings. The topological polar surface area (TPSA) is 228 Å². The van der Waals surface area contributed by atoms with E-state index >= 15 is 0 Å². The van der Waals surface area contributed by atoms with Gasteiger partial charge in [-0.3, -0.25) is 19.3 Å². The molecule has 0 heterocycles. The van der Waals surface area contributed by atoms with Crippen LogP contribution in [-0.2, 0) is 14.3 Å². The molecule has 0 bridgehead atoms. The minimum atomic E-state index is -2.21. The Morgan fingerprint density at radius 1 is 0.879 bits per heavy atom. The summed E-state index contributed by atoms with van der Waals surface area (Å²) in [6, 6.07) is 2.53. The molecule has 8 N–H and O–H groups in total. The highest BCUT2D eigenvalue weighted by molar-refractivity contribution is 6.14. The van der Waals surface area contributed by atoms with Gasteiger partial charge in [-0.2, -0.15) is 0 Å². The third-order valence-electron chi connectivity index (χ3n) is 4.41. The van der Waals surface area contributed by atoms with E-state index in [-0.39, 0.29) is 4.90 Å². The Bertz CT molecular complexity index is 1020. The van der Waals surface area contributed by atoms with E-state index in [2.05, 4.69) is 0 Å². The largest absolute Gasteiger partial charge is 0.504 e. The number of aliphatic carboxylic acids is 1. The second-order valence-electron chi connectivity index (χ2n) is 6.60. The van der Waals surface area contributed by atoms with Crippen molar-refractivity contribution in [2.45, 2.75) is 12.1 Å². The van der Waals surface area contributed by atoms with E-state index in [1.807, 2.05) is 0 Å². The van der Waals surface area contributed by atoms with Gasteiger partial charge in [0.2, 0.25) is 0 Å². The molecular formula is C20H20N2O11. The maximum absolute atomic E-state index is 13.1. The molecule has 0 aliphatic rings. The van der Waals surface area contributed by atoms with Crippen LogP contribution in [0.5, 0.6) is 23.0 Å². The van der Waals surface area contributed by atoms with Gasteiger partial charge in [-0.15, -0.1) is 0 Å². The number of carbonyl (C=O) groups is 4. The number of carboxylic acids is 1. The molecule has 176 valence electrons. The fourth-order valence-electron chi connectivity index (χ4n) is 2.64. The summed E-state index contributed by atoms with van der Waals surface area (Å²) in [5.74, 6) is -9.38. The number of imide groups is 1. The van der Waals surface area contributed by atoms with Crippen molar-refractivity contribution < 1.29 is 54.6 Å². The molecule has 0 unspecified atom stereocenters. The third kappa shape index (κ3) is 5.28. The summed E-state index contributed by atoms with van der Waals surface area (Å²) >= 11 is 0. The molecule has 0 saturated heterocycles. The van der Waals surface area contributed by atoms with Crippen LogP contribution in [0, 0.1) is 0 Å². The van der Waals surface area contributed by atoms with Crippen LogP contribution in [0.25, 0.3) is 0 Å². The highest BCUT2D eigenvalue weighted by Crippen LogP contribution is 2.33. The van der Waals surface area contributed by atoms with Crippen molar-refractivity contribution in [1.29, 1.82) is 0 Å². The number of ether oxygens (including phenoxy) is 1. The van der Waals surface area contributed by atoms with Gasteiger partial charge in [0.05, 0.1) is 17.7 Å². The summed E-state index contributed by atoms with van der Waals surface area (Å²) in [4.78, 5) is 50.0. The highest BCUT2D eigenvalue weighted by atomic mass is 16.5. The standard InChI is InChI=1S/C20H20N2O11/c21-11(7-23)20(32)33-8-12(19(30)31)22(17(28)9-3-1-5-13(24)15(9)26)18(29)10-4-2-6-14(25)16(10)27/h1-6,11-12,23-27H,7-8,21H2,(H,30,31)/t11-,12-/m0/s1. The van der Waals surface area contributed by atoms with E-state index in [1.165, 1.54) is 0 Å². The van der Waals surface area contributed by atoms with Gasteiger partial charge in [0.1, 0.15) is 12.6 Å². The Hall–Kier alpha value is -4.36. The van der Waals surface area contributed by atoms with Gasteiger partial charge in [-0.1, -0.05) is 12.1 Å². The first-order valence-electron chi connectivity index (χ1n) is 9.16. The average molecular weight is 464 g/mol. The SMILES string of the molecule is N[C@@H](CO)C(=O)OC[C@@H](C(=O)O)N(C(=O)c1cccc(O)c1O)C(=O)c1cccc(O)c1O. The van der Waals surface area contributed by atoms with Gasteiger partial charge in [0.15, 0.2) is 29.0 Å². The monoisotopic (exact) mass is 464 g/mol. The van der Waals surface area contributed by atoms with Crippen molar-refractivity contribution in [3.05, 3.63) is 47.5 Å². The first-order valence-corrected chi connectivity index (χ1v) is 9.16. The lowest BCUT2D eigenvalue weighted by Crippen LogP contribution is -2.52. The summed E-state index contributed by atoms with van der Waals surface area (Å²) < 4.78 is 4.70. The zero-order valence-electron chi connectivity index (χ0n) is 16.8. The molecule has 2 rings (SSSR count). The van der Waals surface area contributed by atoms with Crippen LogP contribution in [-0.4, -0.2) is 84.6 Å². The number of phenols is 4. The van der Waals surface area contributed by atoms with Crippen molar-refractivity contribution in [2.75, 3.05) is 13.2 Å². The number of carboxylic acid groups (broad SMARTS) is 1. The Labute approximate surface area is 185 Å². The van der Waals surface area contributed by atoms with Crippen LogP contribution in [0.3, 0.4) is 0 Å². The highest BCUT2D eigenvalue weighted by Gasteiger charge is 2.39. The molecule has 0 aliphatic carbocycles. The maximum atomic E-state index is 13.1. The second-order valence-corrected chi connectivity index (χ2v) is 6.60. The van der Waals surface area contributed by atoms with Gasteiger partial charge in [0, 0.05) is 0 Å². The quantitative estimate of drug-likeness (QED) is 0.143. The molecule has 2 aromatic carbocycles. The summed E-state index contributed by atoms with van der Waals surface area (Å²) in [6.45, 7) is -1.94. The summed E-state index contributed by atoms with van der Waals surface area (Å²) in [6.07, 6.45) is 0. The zero-order chi connectivity index (χ0) is 24.9. The normalized spacial score (nSPS) is 12.4. The van der Waals surface area contributed by atoms with Gasteiger partial charge >= 0.3 is 11.9 Å². The number of esters is 1. The minimum Gasteiger partial charge on any atom is -0.504 e. The molecule has 13 nitrogen and oxygen atoms in total. The number of aliphatic hydroxyl groups excluding tert-OH is 1. The van der Waals surface area contributed by atoms with E-state index in [0.717, 1.165) is 36.4 Å². The lowest BCUT2D eigenvalue weighted by Gasteiger charge is -2.28. The predicted octanol–water partition coefficient (Wildman–Crippen LogP) is -0.892. The Kier molecular flexibility index (Phi) is 7.77. The molecule has 0 spiro atoms. The summed E-state index contributed by atoms with van der Waals surface area (Å²) in [5, 5.41) is 58.0. The number of nitrogens with two attached hydrogens (primary N) is 1. The number of nitrogens with zero attached hydrogens (tertiary/aromatic N) is 1. The number of aromatic hydroxyl groups is 4. The lowest BCUT2D eigenvalue weighted by molar-refractivity contribution is -0.152. The number of para-hydroxylation sites is 2. The van der Waals surface area contributed by atoms with Crippen LogP contribution in [0.4, 0.5) is 0 Å². The number of rotatable bonds is 8. The van der Waals surface area contributed by atoms with Crippen LogP contribution in [0.15, 0.2) is 36.4 Å². The first kappa shape index (κ1) is 24.9. The Morgan fingerprint density at radius 2 is 1.33 bits per heavy atom. The van der Waals surface area contributed by atoms with Gasteiger partial charge in [-0.25, -0.2) is 4.79 Å². The smallest absolute Gasteiger partial charge is 0.330 e. The molecule has 2 aromatic rings. The molecule has 0 aliphatic heterocycles. The summed E-state index contributed by atoms with van der Waals surface area (Å²) in [5.41, 5.74) is 3.91. The molecule has 13 heteroatoms. The number of amides is 2. The average Bonchev–Trinajstić information content (AvgIpc) is 2.78. The Morgan fingerprint density at radius 3 is 1.73 bits per heavy atom. The van der Waals surface area contributed by atoms with Crippen molar-refractivity contribution in [3.63, 3.8) is 0 Å². The molecule has 0 radical (unpaired) electrons. The van der Waals surface area contributed by atoms with Crippen molar-refractivity contribution >= 4 is 23.8 Å². The van der Waals surface area contributed by atoms with E-state index in [1.54, 1.807) is 0 Å². The predicted molar refractivity (Wildman–Crippen MR) is 107 cm³/mol. The van der Waals surface area contributed by atoms with E-state index in [4.69, 9.17) is 15.6 Å². The number of phenolic OH excluding ortho intramolecular Hbond substituents is 4. The van der Waals surface area contributed by atoms with Crippen LogP contribution in [0.2, 0.25) is 0 Å². The third-order valence-corrected chi connectivity index (χ3v) is 4.41. The van der Waals surface area contributed by atoms with E-state index in [0.29, 0.717) is 0 Å². The van der Waals surface area contributed by atoms with Gasteiger partial charge in [0.25, 0.3) is 11.8 Å². The summed E-state index contributed by atoms with van der Waals surface area (Å²) in [7, 11) is 0. The second kappa shape index (κ2) is 10.3. The van der Waals surface area contributed by atoms with Gasteiger partial charge < -0.3 is 41.1 Å². The lowest BCUT2D eigenvalue weighted by atomic mass is 10.1. The minimum absolute atomic E-state index is 0.0586. The zero-order valence-corrected chi connectivity index (χ0v) is 16.8. The van der Waals surface area contributed by atoms with Gasteiger partial charge in [-0.05, 0) is 24.3 Å². The molecular weight excluding hydrogens is 444 g/mol. The molecule has 0 saturated carbocycles. The number of aliphatic hydroxyl groups is 1.